The molecule has 1 N–H and O–H groups in total. The number of anilines is 1. The number of benzene rings is 1. The second-order valence-electron chi connectivity index (χ2n) is 4.23. The Balaban J connectivity index is 1.96. The lowest BCUT2D eigenvalue weighted by Gasteiger charge is -2.02. The minimum Gasteiger partial charge on any atom is -0.437 e. The quantitative estimate of drug-likeness (QED) is 0.783. The summed E-state index contributed by atoms with van der Waals surface area (Å²) < 4.78 is 5.46. The number of carbonyl (C=O) groups excluding carboxylic acids is 1. The van der Waals surface area contributed by atoms with E-state index in [0.717, 1.165) is 0 Å². The number of nitrogens with zero attached hydrogens (tertiary/aromatic N) is 2. The molecule has 0 aliphatic rings. The molecule has 0 saturated heterocycles. The van der Waals surface area contributed by atoms with Crippen LogP contribution in [0.5, 0.6) is 0 Å². The third kappa shape index (κ3) is 2.45. The van der Waals surface area contributed by atoms with Crippen LogP contribution in [0.3, 0.4) is 0 Å². The molecule has 0 spiro atoms. The van der Waals surface area contributed by atoms with Crippen molar-refractivity contribution in [3.05, 3.63) is 58.7 Å². The Morgan fingerprint density at radius 1 is 1.29 bits per heavy atom. The van der Waals surface area contributed by atoms with Gasteiger partial charge in [0.25, 0.3) is 5.91 Å². The summed E-state index contributed by atoms with van der Waals surface area (Å²) in [6.07, 6.45) is 1.56. The minimum absolute atomic E-state index is 0.0890. The van der Waals surface area contributed by atoms with E-state index in [-0.39, 0.29) is 17.4 Å². The number of aromatic nitrogens is 1. The van der Waals surface area contributed by atoms with Gasteiger partial charge in [-0.1, -0.05) is 11.6 Å². The fourth-order valence-corrected chi connectivity index (χ4v) is 2.02. The highest BCUT2D eigenvalue weighted by atomic mass is 35.5. The second kappa shape index (κ2) is 5.27. The third-order valence-corrected chi connectivity index (χ3v) is 3.14. The van der Waals surface area contributed by atoms with Crippen molar-refractivity contribution in [2.75, 3.05) is 5.32 Å². The Labute approximate surface area is 124 Å². The van der Waals surface area contributed by atoms with Gasteiger partial charge in [0, 0.05) is 16.8 Å². The van der Waals surface area contributed by atoms with Gasteiger partial charge in [-0.25, -0.2) is 0 Å². The van der Waals surface area contributed by atoms with Crippen LogP contribution in [0.15, 0.2) is 47.0 Å². The lowest BCUT2D eigenvalue weighted by atomic mass is 10.2. The molecular formula is C15H8ClN3O2. The monoisotopic (exact) mass is 297 g/mol. The third-order valence-electron chi connectivity index (χ3n) is 2.89. The van der Waals surface area contributed by atoms with Gasteiger partial charge < -0.3 is 4.42 Å². The first-order chi connectivity index (χ1) is 10.2. The van der Waals surface area contributed by atoms with Crippen LogP contribution in [0.1, 0.15) is 15.9 Å². The Hall–Kier alpha value is -2.84. The molecule has 5 nitrogen and oxygen atoms in total. The van der Waals surface area contributed by atoms with Crippen molar-refractivity contribution < 1.29 is 9.21 Å². The molecule has 102 valence electrons. The number of halogens is 1. The average Bonchev–Trinajstić information content (AvgIpc) is 2.84. The van der Waals surface area contributed by atoms with Gasteiger partial charge in [-0.05, 0) is 36.4 Å². The van der Waals surface area contributed by atoms with Gasteiger partial charge in [0.1, 0.15) is 17.1 Å². The summed E-state index contributed by atoms with van der Waals surface area (Å²) in [5.41, 5.74) is 1.48. The number of hydrogen-bond donors (Lipinski definition) is 1. The zero-order valence-corrected chi connectivity index (χ0v) is 11.4. The molecule has 3 aromatic rings. The van der Waals surface area contributed by atoms with Gasteiger partial charge in [0.2, 0.25) is 5.88 Å². The molecule has 6 heteroatoms. The highest BCUT2D eigenvalue weighted by Crippen LogP contribution is 2.27. The normalized spacial score (nSPS) is 10.3. The van der Waals surface area contributed by atoms with Gasteiger partial charge >= 0.3 is 0 Å². The van der Waals surface area contributed by atoms with Crippen LogP contribution >= 0.6 is 11.6 Å². The van der Waals surface area contributed by atoms with Crippen molar-refractivity contribution in [3.63, 3.8) is 0 Å². The number of amides is 1. The zero-order valence-electron chi connectivity index (χ0n) is 10.6. The van der Waals surface area contributed by atoms with Crippen LogP contribution < -0.4 is 5.32 Å². The lowest BCUT2D eigenvalue weighted by molar-refractivity contribution is 0.102. The van der Waals surface area contributed by atoms with E-state index in [0.29, 0.717) is 21.7 Å². The lowest BCUT2D eigenvalue weighted by Crippen LogP contribution is -2.11. The van der Waals surface area contributed by atoms with E-state index in [4.69, 9.17) is 16.0 Å². The summed E-state index contributed by atoms with van der Waals surface area (Å²) in [5.74, 6) is -0.298. The number of fused-ring (bicyclic) bond motifs is 1. The van der Waals surface area contributed by atoms with E-state index < -0.39 is 0 Å². The molecule has 0 unspecified atom stereocenters. The standard InChI is InChI=1S/C15H8ClN3O2/c16-10-5-3-9(4-6-10)14(20)19-15-11(8-17)13-12(21-15)2-1-7-18-13/h1-7H,(H,19,20). The highest BCUT2D eigenvalue weighted by Gasteiger charge is 2.17. The average molecular weight is 298 g/mol. The summed E-state index contributed by atoms with van der Waals surface area (Å²) in [5, 5.41) is 12.3. The van der Waals surface area contributed by atoms with E-state index in [1.807, 2.05) is 6.07 Å². The van der Waals surface area contributed by atoms with E-state index in [9.17, 15) is 10.1 Å². The molecule has 1 aromatic carbocycles. The molecule has 2 aromatic heterocycles. The smallest absolute Gasteiger partial charge is 0.258 e. The summed E-state index contributed by atoms with van der Waals surface area (Å²) in [7, 11) is 0. The molecule has 0 aliphatic heterocycles. The predicted molar refractivity (Wildman–Crippen MR) is 78.1 cm³/mol. The topological polar surface area (TPSA) is 78.9 Å². The van der Waals surface area contributed by atoms with Crippen molar-refractivity contribution in [1.29, 1.82) is 5.26 Å². The van der Waals surface area contributed by atoms with Crippen LogP contribution in [0.2, 0.25) is 5.02 Å². The SMILES string of the molecule is N#Cc1c(NC(=O)c2ccc(Cl)cc2)oc2cccnc12. The summed E-state index contributed by atoms with van der Waals surface area (Å²) in [6, 6.07) is 11.8. The number of nitrogens with one attached hydrogen (secondary N) is 1. The largest absolute Gasteiger partial charge is 0.437 e. The molecule has 0 bridgehead atoms. The molecule has 3 rings (SSSR count). The number of carbonyl (C=O) groups is 1. The van der Waals surface area contributed by atoms with E-state index in [1.165, 1.54) is 0 Å². The van der Waals surface area contributed by atoms with Crippen molar-refractivity contribution in [1.82, 2.24) is 4.98 Å². The number of nitriles is 1. The number of rotatable bonds is 2. The molecule has 0 atom stereocenters. The number of pyridine rings is 1. The van der Waals surface area contributed by atoms with Crippen molar-refractivity contribution >= 4 is 34.5 Å². The van der Waals surface area contributed by atoms with E-state index in [1.54, 1.807) is 42.6 Å². The molecule has 21 heavy (non-hydrogen) atoms. The summed E-state index contributed by atoms with van der Waals surface area (Å²) in [4.78, 5) is 16.2. The molecule has 1 amide bonds. The van der Waals surface area contributed by atoms with Crippen LogP contribution in [-0.2, 0) is 0 Å². The van der Waals surface area contributed by atoms with Crippen molar-refractivity contribution in [3.8, 4) is 6.07 Å². The first-order valence-electron chi connectivity index (χ1n) is 6.03. The van der Waals surface area contributed by atoms with Gasteiger partial charge in [-0.2, -0.15) is 5.26 Å². The fourth-order valence-electron chi connectivity index (χ4n) is 1.90. The van der Waals surface area contributed by atoms with Crippen LogP contribution in [0.4, 0.5) is 5.88 Å². The summed E-state index contributed by atoms with van der Waals surface area (Å²) in [6.45, 7) is 0. The van der Waals surface area contributed by atoms with Gasteiger partial charge in [0.15, 0.2) is 5.58 Å². The Kier molecular flexibility index (Phi) is 3.30. The minimum atomic E-state index is -0.387. The second-order valence-corrected chi connectivity index (χ2v) is 4.67. The van der Waals surface area contributed by atoms with Crippen LogP contribution in [0, 0.1) is 11.3 Å². The molecule has 0 fully saturated rings. The Bertz CT molecular complexity index is 863. The first-order valence-corrected chi connectivity index (χ1v) is 6.41. The van der Waals surface area contributed by atoms with Gasteiger partial charge in [-0.15, -0.1) is 0 Å². The molecule has 2 heterocycles. The maximum absolute atomic E-state index is 12.1. The summed E-state index contributed by atoms with van der Waals surface area (Å²) >= 11 is 5.78. The van der Waals surface area contributed by atoms with E-state index in [2.05, 4.69) is 10.3 Å². The maximum atomic E-state index is 12.1. The fraction of sp³-hybridized carbons (Fsp3) is 0. The predicted octanol–water partition coefficient (Wildman–Crippen LogP) is 3.61. The molecule has 0 radical (unpaired) electrons. The zero-order chi connectivity index (χ0) is 14.8. The molecule has 0 saturated carbocycles. The van der Waals surface area contributed by atoms with Crippen molar-refractivity contribution in [2.45, 2.75) is 0 Å². The van der Waals surface area contributed by atoms with Crippen LogP contribution in [0.25, 0.3) is 11.1 Å². The maximum Gasteiger partial charge on any atom is 0.258 e. The molecule has 0 aliphatic carbocycles. The first kappa shape index (κ1) is 13.2. The number of hydrogen-bond acceptors (Lipinski definition) is 4. The van der Waals surface area contributed by atoms with Crippen LogP contribution in [-0.4, -0.2) is 10.9 Å². The Morgan fingerprint density at radius 3 is 2.76 bits per heavy atom. The highest BCUT2D eigenvalue weighted by molar-refractivity contribution is 6.30. The van der Waals surface area contributed by atoms with Gasteiger partial charge in [-0.3, -0.25) is 15.1 Å². The van der Waals surface area contributed by atoms with E-state index >= 15 is 0 Å². The van der Waals surface area contributed by atoms with Crippen molar-refractivity contribution in [2.24, 2.45) is 0 Å². The Morgan fingerprint density at radius 2 is 2.05 bits per heavy atom. The van der Waals surface area contributed by atoms with Gasteiger partial charge in [0.05, 0.1) is 0 Å². The molecular weight excluding hydrogens is 290 g/mol. The number of furan rings is 1.